The summed E-state index contributed by atoms with van der Waals surface area (Å²) >= 11 is 0. The molecule has 1 aliphatic rings. The standard InChI is InChI=1S/C13H22N2O2/c1-4-5-11(8-14)13(16)15-7-6-10(2)12(9-15)17-3/h10-12H,4-7,9H2,1-3H3. The van der Waals surface area contributed by atoms with E-state index in [1.807, 2.05) is 6.92 Å². The number of carbonyl (C=O) groups excluding carboxylic acids is 1. The fourth-order valence-electron chi connectivity index (χ4n) is 2.29. The molecule has 1 amide bonds. The second-order valence-corrected chi connectivity index (χ2v) is 4.79. The highest BCUT2D eigenvalue weighted by atomic mass is 16.5. The van der Waals surface area contributed by atoms with Crippen molar-refractivity contribution in [3.05, 3.63) is 0 Å². The molecule has 1 aliphatic heterocycles. The Bertz CT molecular complexity index is 298. The molecule has 17 heavy (non-hydrogen) atoms. The molecule has 4 heteroatoms. The van der Waals surface area contributed by atoms with Crippen LogP contribution >= 0.6 is 0 Å². The van der Waals surface area contributed by atoms with Crippen molar-refractivity contribution in [3.63, 3.8) is 0 Å². The van der Waals surface area contributed by atoms with Crippen LogP contribution in [0.5, 0.6) is 0 Å². The summed E-state index contributed by atoms with van der Waals surface area (Å²) in [6.07, 6.45) is 2.57. The van der Waals surface area contributed by atoms with Crippen LogP contribution in [0.2, 0.25) is 0 Å². The summed E-state index contributed by atoms with van der Waals surface area (Å²) in [5, 5.41) is 9.00. The van der Waals surface area contributed by atoms with E-state index in [4.69, 9.17) is 10.00 Å². The Morgan fingerprint density at radius 2 is 2.35 bits per heavy atom. The molecule has 0 aromatic carbocycles. The topological polar surface area (TPSA) is 53.3 Å². The van der Waals surface area contributed by atoms with Gasteiger partial charge in [-0.2, -0.15) is 5.26 Å². The average Bonchev–Trinajstić information content (AvgIpc) is 2.35. The van der Waals surface area contributed by atoms with Gasteiger partial charge in [0.15, 0.2) is 0 Å². The number of nitrogens with zero attached hydrogens (tertiary/aromatic N) is 2. The Labute approximate surface area is 104 Å². The number of nitriles is 1. The maximum atomic E-state index is 12.1. The van der Waals surface area contributed by atoms with Crippen molar-refractivity contribution in [1.29, 1.82) is 5.26 Å². The Morgan fingerprint density at radius 1 is 1.65 bits per heavy atom. The van der Waals surface area contributed by atoms with Crippen molar-refractivity contribution in [2.75, 3.05) is 20.2 Å². The maximum Gasteiger partial charge on any atom is 0.240 e. The lowest BCUT2D eigenvalue weighted by Gasteiger charge is -2.37. The summed E-state index contributed by atoms with van der Waals surface area (Å²) in [4.78, 5) is 13.9. The van der Waals surface area contributed by atoms with Crippen LogP contribution in [-0.4, -0.2) is 37.1 Å². The predicted molar refractivity (Wildman–Crippen MR) is 65.2 cm³/mol. The fourth-order valence-corrected chi connectivity index (χ4v) is 2.29. The number of carbonyl (C=O) groups is 1. The van der Waals surface area contributed by atoms with E-state index in [0.717, 1.165) is 19.4 Å². The third-order valence-corrected chi connectivity index (χ3v) is 3.54. The van der Waals surface area contributed by atoms with Crippen LogP contribution in [0.1, 0.15) is 33.1 Å². The van der Waals surface area contributed by atoms with E-state index in [1.54, 1.807) is 12.0 Å². The number of piperidine rings is 1. The van der Waals surface area contributed by atoms with Gasteiger partial charge in [0.1, 0.15) is 5.92 Å². The number of hydrogen-bond donors (Lipinski definition) is 0. The lowest BCUT2D eigenvalue weighted by molar-refractivity contribution is -0.139. The first kappa shape index (κ1) is 14.0. The van der Waals surface area contributed by atoms with E-state index in [2.05, 4.69) is 13.0 Å². The summed E-state index contributed by atoms with van der Waals surface area (Å²) in [6.45, 7) is 5.51. The van der Waals surface area contributed by atoms with Gasteiger partial charge in [0.25, 0.3) is 0 Å². The highest BCUT2D eigenvalue weighted by Gasteiger charge is 2.31. The van der Waals surface area contributed by atoms with Crippen LogP contribution in [0.25, 0.3) is 0 Å². The number of methoxy groups -OCH3 is 1. The fraction of sp³-hybridized carbons (Fsp3) is 0.846. The number of likely N-dealkylation sites (tertiary alicyclic amines) is 1. The molecule has 96 valence electrons. The molecule has 0 aliphatic carbocycles. The van der Waals surface area contributed by atoms with Gasteiger partial charge < -0.3 is 9.64 Å². The molecule has 0 saturated carbocycles. The van der Waals surface area contributed by atoms with Crippen LogP contribution in [0, 0.1) is 23.2 Å². The van der Waals surface area contributed by atoms with E-state index in [1.165, 1.54) is 0 Å². The Kier molecular flexibility index (Phi) is 5.43. The molecule has 0 N–H and O–H groups in total. The summed E-state index contributed by atoms with van der Waals surface area (Å²) in [5.41, 5.74) is 0. The van der Waals surface area contributed by atoms with Gasteiger partial charge in [0, 0.05) is 20.2 Å². The summed E-state index contributed by atoms with van der Waals surface area (Å²) < 4.78 is 5.38. The molecule has 0 radical (unpaired) electrons. The molecule has 1 heterocycles. The van der Waals surface area contributed by atoms with Gasteiger partial charge in [0.05, 0.1) is 12.2 Å². The van der Waals surface area contributed by atoms with Crippen molar-refractivity contribution < 1.29 is 9.53 Å². The zero-order valence-corrected chi connectivity index (χ0v) is 11.0. The summed E-state index contributed by atoms with van der Waals surface area (Å²) in [5.74, 6) is -0.0232. The first-order chi connectivity index (χ1) is 8.13. The third-order valence-electron chi connectivity index (χ3n) is 3.54. The molecule has 0 bridgehead atoms. The highest BCUT2D eigenvalue weighted by molar-refractivity contribution is 5.81. The van der Waals surface area contributed by atoms with Crippen LogP contribution in [-0.2, 0) is 9.53 Å². The smallest absolute Gasteiger partial charge is 0.240 e. The van der Waals surface area contributed by atoms with Crippen molar-refractivity contribution in [3.8, 4) is 6.07 Å². The van der Waals surface area contributed by atoms with Gasteiger partial charge >= 0.3 is 0 Å². The maximum absolute atomic E-state index is 12.1. The van der Waals surface area contributed by atoms with Gasteiger partial charge in [0.2, 0.25) is 5.91 Å². The average molecular weight is 238 g/mol. The number of amides is 1. The molecule has 0 aromatic heterocycles. The highest BCUT2D eigenvalue weighted by Crippen LogP contribution is 2.21. The lowest BCUT2D eigenvalue weighted by atomic mass is 9.94. The summed E-state index contributed by atoms with van der Waals surface area (Å²) in [6, 6.07) is 2.11. The SMILES string of the molecule is CCCC(C#N)C(=O)N1CCC(C)C(OC)C1. The minimum Gasteiger partial charge on any atom is -0.379 e. The molecular formula is C13H22N2O2. The van der Waals surface area contributed by atoms with E-state index in [-0.39, 0.29) is 12.0 Å². The molecule has 1 saturated heterocycles. The van der Waals surface area contributed by atoms with Gasteiger partial charge in [-0.1, -0.05) is 20.3 Å². The zero-order chi connectivity index (χ0) is 12.8. The van der Waals surface area contributed by atoms with Crippen molar-refractivity contribution in [1.82, 2.24) is 4.90 Å². The lowest BCUT2D eigenvalue weighted by Crippen LogP contribution is -2.48. The van der Waals surface area contributed by atoms with Crippen molar-refractivity contribution in [2.24, 2.45) is 11.8 Å². The minimum atomic E-state index is -0.481. The molecule has 4 nitrogen and oxygen atoms in total. The summed E-state index contributed by atoms with van der Waals surface area (Å²) in [7, 11) is 1.68. The van der Waals surface area contributed by atoms with Crippen LogP contribution in [0.15, 0.2) is 0 Å². The van der Waals surface area contributed by atoms with Gasteiger partial charge in [-0.05, 0) is 18.8 Å². The van der Waals surface area contributed by atoms with Crippen LogP contribution in [0.4, 0.5) is 0 Å². The van der Waals surface area contributed by atoms with Gasteiger partial charge in [-0.3, -0.25) is 4.79 Å². The Hall–Kier alpha value is -1.08. The molecule has 1 fully saturated rings. The zero-order valence-electron chi connectivity index (χ0n) is 11.0. The van der Waals surface area contributed by atoms with Gasteiger partial charge in [-0.25, -0.2) is 0 Å². The Balaban J connectivity index is 2.61. The number of rotatable bonds is 4. The van der Waals surface area contributed by atoms with E-state index in [0.29, 0.717) is 18.9 Å². The number of ether oxygens (including phenoxy) is 1. The number of hydrogen-bond acceptors (Lipinski definition) is 3. The first-order valence-corrected chi connectivity index (χ1v) is 6.35. The molecular weight excluding hydrogens is 216 g/mol. The normalized spacial score (nSPS) is 26.4. The van der Waals surface area contributed by atoms with Crippen LogP contribution in [0.3, 0.4) is 0 Å². The van der Waals surface area contributed by atoms with E-state index in [9.17, 15) is 4.79 Å². The molecule has 0 aromatic rings. The third kappa shape index (κ3) is 3.44. The van der Waals surface area contributed by atoms with Crippen molar-refractivity contribution >= 4 is 5.91 Å². The first-order valence-electron chi connectivity index (χ1n) is 6.35. The minimum absolute atomic E-state index is 0.0247. The molecule has 1 rings (SSSR count). The Morgan fingerprint density at radius 3 is 2.88 bits per heavy atom. The van der Waals surface area contributed by atoms with E-state index >= 15 is 0 Å². The van der Waals surface area contributed by atoms with Crippen molar-refractivity contribution in [2.45, 2.75) is 39.2 Å². The monoisotopic (exact) mass is 238 g/mol. The second-order valence-electron chi connectivity index (χ2n) is 4.79. The quantitative estimate of drug-likeness (QED) is 0.750. The largest absolute Gasteiger partial charge is 0.379 e. The molecule has 0 spiro atoms. The van der Waals surface area contributed by atoms with E-state index < -0.39 is 5.92 Å². The molecule has 3 atom stereocenters. The van der Waals surface area contributed by atoms with Crippen LogP contribution < -0.4 is 0 Å². The predicted octanol–water partition coefficient (Wildman–Crippen LogP) is 1.81. The second kappa shape index (κ2) is 6.61. The molecule has 3 unspecified atom stereocenters. The van der Waals surface area contributed by atoms with Gasteiger partial charge in [-0.15, -0.1) is 0 Å².